The molecular formula is C13H12ClFN2O3S. The topological polar surface area (TPSA) is 81.4 Å². The zero-order chi connectivity index (χ0) is 15.6. The van der Waals surface area contributed by atoms with Gasteiger partial charge in [0.05, 0.1) is 15.6 Å². The Balaban J connectivity index is 2.39. The summed E-state index contributed by atoms with van der Waals surface area (Å²) >= 11 is 5.65. The van der Waals surface area contributed by atoms with Crippen LogP contribution in [0.1, 0.15) is 0 Å². The van der Waals surface area contributed by atoms with Crippen LogP contribution in [0.25, 0.3) is 0 Å². The molecule has 0 saturated carbocycles. The fourth-order valence-corrected chi connectivity index (χ4v) is 2.47. The van der Waals surface area contributed by atoms with E-state index in [0.717, 1.165) is 6.07 Å². The lowest BCUT2D eigenvalue weighted by Gasteiger charge is -2.11. The van der Waals surface area contributed by atoms with E-state index in [1.807, 2.05) is 0 Å². The molecule has 0 aliphatic carbocycles. The average Bonchev–Trinajstić information content (AvgIpc) is 2.45. The van der Waals surface area contributed by atoms with Gasteiger partial charge in [0.15, 0.2) is 5.75 Å². The van der Waals surface area contributed by atoms with Crippen molar-refractivity contribution in [3.8, 4) is 11.5 Å². The third kappa shape index (κ3) is 3.44. The van der Waals surface area contributed by atoms with E-state index in [-0.39, 0.29) is 27.1 Å². The first-order chi connectivity index (χ1) is 9.83. The number of nitrogens with one attached hydrogen (secondary N) is 1. The molecule has 2 aromatic carbocycles. The highest BCUT2D eigenvalue weighted by Crippen LogP contribution is 2.31. The SMILES string of the molecule is CNS(=O)(=O)c1ccc(N)c(Oc2ccc(F)c(Cl)c2)c1. The first kappa shape index (κ1) is 15.6. The summed E-state index contributed by atoms with van der Waals surface area (Å²) in [6, 6.07) is 7.81. The van der Waals surface area contributed by atoms with Crippen LogP contribution in [0.4, 0.5) is 10.1 Å². The Kier molecular flexibility index (Phi) is 4.36. The zero-order valence-corrected chi connectivity index (χ0v) is 12.5. The van der Waals surface area contributed by atoms with Crippen LogP contribution >= 0.6 is 11.6 Å². The minimum Gasteiger partial charge on any atom is -0.455 e. The van der Waals surface area contributed by atoms with E-state index in [1.165, 1.54) is 37.4 Å². The highest BCUT2D eigenvalue weighted by molar-refractivity contribution is 7.89. The van der Waals surface area contributed by atoms with Gasteiger partial charge in [0.2, 0.25) is 10.0 Å². The van der Waals surface area contributed by atoms with Crippen molar-refractivity contribution in [2.75, 3.05) is 12.8 Å². The van der Waals surface area contributed by atoms with Crippen molar-refractivity contribution in [1.82, 2.24) is 4.72 Å². The maximum atomic E-state index is 13.1. The van der Waals surface area contributed by atoms with Crippen molar-refractivity contribution in [2.24, 2.45) is 0 Å². The second-order valence-electron chi connectivity index (χ2n) is 4.09. The number of benzene rings is 2. The molecule has 0 aliphatic heterocycles. The van der Waals surface area contributed by atoms with E-state index >= 15 is 0 Å². The van der Waals surface area contributed by atoms with Crippen LogP contribution in [0.15, 0.2) is 41.3 Å². The highest BCUT2D eigenvalue weighted by atomic mass is 35.5. The molecule has 0 atom stereocenters. The van der Waals surface area contributed by atoms with Crippen molar-refractivity contribution >= 4 is 27.3 Å². The number of hydrogen-bond acceptors (Lipinski definition) is 4. The van der Waals surface area contributed by atoms with Gasteiger partial charge in [-0.2, -0.15) is 0 Å². The molecule has 21 heavy (non-hydrogen) atoms. The van der Waals surface area contributed by atoms with Crippen molar-refractivity contribution in [3.63, 3.8) is 0 Å². The van der Waals surface area contributed by atoms with Gasteiger partial charge >= 0.3 is 0 Å². The molecule has 2 aromatic rings. The van der Waals surface area contributed by atoms with E-state index in [0.29, 0.717) is 0 Å². The summed E-state index contributed by atoms with van der Waals surface area (Å²) in [4.78, 5) is 0.00223. The molecule has 3 N–H and O–H groups in total. The van der Waals surface area contributed by atoms with Crippen molar-refractivity contribution in [1.29, 1.82) is 0 Å². The summed E-state index contributed by atoms with van der Waals surface area (Å²) in [5.41, 5.74) is 5.98. The maximum absolute atomic E-state index is 13.1. The molecule has 0 heterocycles. The summed E-state index contributed by atoms with van der Waals surface area (Å²) in [6.45, 7) is 0. The van der Waals surface area contributed by atoms with E-state index in [1.54, 1.807) is 0 Å². The van der Waals surface area contributed by atoms with Gasteiger partial charge in [-0.15, -0.1) is 0 Å². The van der Waals surface area contributed by atoms with Gasteiger partial charge in [0.1, 0.15) is 11.6 Å². The molecule has 112 valence electrons. The third-order valence-electron chi connectivity index (χ3n) is 2.68. The van der Waals surface area contributed by atoms with E-state index in [4.69, 9.17) is 22.1 Å². The monoisotopic (exact) mass is 330 g/mol. The molecule has 0 aliphatic rings. The fourth-order valence-electron chi connectivity index (χ4n) is 1.56. The van der Waals surface area contributed by atoms with Crippen LogP contribution < -0.4 is 15.2 Å². The van der Waals surface area contributed by atoms with Crippen molar-refractivity contribution in [2.45, 2.75) is 4.90 Å². The Morgan fingerprint density at radius 2 is 1.95 bits per heavy atom. The van der Waals surface area contributed by atoms with Crippen LogP contribution in [0.3, 0.4) is 0 Å². The van der Waals surface area contributed by atoms with E-state index < -0.39 is 15.8 Å². The predicted octanol–water partition coefficient (Wildman–Crippen LogP) is 2.76. The molecule has 5 nitrogen and oxygen atoms in total. The number of nitrogen functional groups attached to an aromatic ring is 1. The molecule has 0 saturated heterocycles. The Morgan fingerprint density at radius 3 is 2.57 bits per heavy atom. The third-order valence-corrected chi connectivity index (χ3v) is 4.38. The number of halogens is 2. The van der Waals surface area contributed by atoms with Crippen LogP contribution in [0.2, 0.25) is 5.02 Å². The molecule has 2 rings (SSSR count). The number of ether oxygens (including phenoxy) is 1. The summed E-state index contributed by atoms with van der Waals surface area (Å²) in [7, 11) is -2.32. The minimum absolute atomic E-state index is 0.00223. The maximum Gasteiger partial charge on any atom is 0.240 e. The lowest BCUT2D eigenvalue weighted by molar-refractivity contribution is 0.481. The van der Waals surface area contributed by atoms with Crippen molar-refractivity contribution in [3.05, 3.63) is 47.2 Å². The Labute approximate surface area is 126 Å². The molecule has 0 amide bonds. The largest absolute Gasteiger partial charge is 0.455 e. The minimum atomic E-state index is -3.62. The van der Waals surface area contributed by atoms with E-state index in [2.05, 4.69) is 4.72 Å². The summed E-state index contributed by atoms with van der Waals surface area (Å²) in [6.07, 6.45) is 0. The van der Waals surface area contributed by atoms with Crippen LogP contribution in [0.5, 0.6) is 11.5 Å². The van der Waals surface area contributed by atoms with Gasteiger partial charge in [0, 0.05) is 12.1 Å². The van der Waals surface area contributed by atoms with Crippen LogP contribution in [-0.2, 0) is 10.0 Å². The van der Waals surface area contributed by atoms with Gasteiger partial charge in [-0.05, 0) is 31.3 Å². The second kappa shape index (κ2) is 5.88. The zero-order valence-electron chi connectivity index (χ0n) is 10.9. The molecule has 0 radical (unpaired) electrons. The van der Waals surface area contributed by atoms with Gasteiger partial charge in [0.25, 0.3) is 0 Å². The smallest absolute Gasteiger partial charge is 0.240 e. The molecule has 8 heteroatoms. The van der Waals surface area contributed by atoms with Gasteiger partial charge in [-0.1, -0.05) is 11.6 Å². The second-order valence-corrected chi connectivity index (χ2v) is 6.38. The number of hydrogen-bond donors (Lipinski definition) is 2. The number of rotatable bonds is 4. The Morgan fingerprint density at radius 1 is 1.24 bits per heavy atom. The Bertz CT molecular complexity index is 781. The first-order valence-corrected chi connectivity index (χ1v) is 7.65. The Hall–Kier alpha value is -1.83. The predicted molar refractivity (Wildman–Crippen MR) is 78.6 cm³/mol. The summed E-state index contributed by atoms with van der Waals surface area (Å²) < 4.78 is 44.2. The number of sulfonamides is 1. The van der Waals surface area contributed by atoms with Gasteiger partial charge < -0.3 is 10.5 Å². The van der Waals surface area contributed by atoms with Crippen LogP contribution in [0, 0.1) is 5.82 Å². The van der Waals surface area contributed by atoms with E-state index in [9.17, 15) is 12.8 Å². The average molecular weight is 331 g/mol. The summed E-state index contributed by atoms with van der Waals surface area (Å²) in [5.74, 6) is -0.204. The van der Waals surface area contributed by atoms with Gasteiger partial charge in [-0.25, -0.2) is 17.5 Å². The molecular weight excluding hydrogens is 319 g/mol. The van der Waals surface area contributed by atoms with Crippen LogP contribution in [-0.4, -0.2) is 15.5 Å². The fraction of sp³-hybridized carbons (Fsp3) is 0.0769. The summed E-state index contributed by atoms with van der Waals surface area (Å²) in [5, 5.41) is -0.106. The molecule has 0 bridgehead atoms. The normalized spacial score (nSPS) is 11.4. The highest BCUT2D eigenvalue weighted by Gasteiger charge is 2.14. The number of nitrogens with two attached hydrogens (primary N) is 1. The lowest BCUT2D eigenvalue weighted by atomic mass is 10.3. The standard InChI is InChI=1S/C13H12ClFN2O3S/c1-17-21(18,19)9-3-5-12(16)13(7-9)20-8-2-4-11(15)10(14)6-8/h2-7,17H,16H2,1H3. The first-order valence-electron chi connectivity index (χ1n) is 5.79. The molecule has 0 fully saturated rings. The molecule has 0 unspecified atom stereocenters. The quantitative estimate of drug-likeness (QED) is 0.845. The molecule has 0 spiro atoms. The lowest BCUT2D eigenvalue weighted by Crippen LogP contribution is -2.18. The van der Waals surface area contributed by atoms with Gasteiger partial charge in [-0.3, -0.25) is 0 Å². The molecule has 0 aromatic heterocycles. The van der Waals surface area contributed by atoms with Crippen molar-refractivity contribution < 1.29 is 17.5 Å². The number of anilines is 1.